The number of aliphatic hydroxyl groups excluding tert-OH is 2. The molecule has 0 amide bonds. The lowest BCUT2D eigenvalue weighted by atomic mass is 10.1. The van der Waals surface area contributed by atoms with Crippen LogP contribution in [0.25, 0.3) is 11.2 Å². The summed E-state index contributed by atoms with van der Waals surface area (Å²) in [4.78, 5) is 43.8. The van der Waals surface area contributed by atoms with E-state index in [-0.39, 0.29) is 17.1 Å². The molecule has 2 unspecified atom stereocenters. The number of nitrogens with zero attached hydrogens (tertiary/aromatic N) is 5. The first-order valence-corrected chi connectivity index (χ1v) is 12.1. The van der Waals surface area contributed by atoms with Crippen LogP contribution in [0.3, 0.4) is 0 Å². The van der Waals surface area contributed by atoms with Gasteiger partial charge in [0.05, 0.1) is 13.7 Å². The molecule has 1 fully saturated rings. The second kappa shape index (κ2) is 8.39. The Balaban J connectivity index is 1.51. The lowest BCUT2D eigenvalue weighted by Gasteiger charge is -2.26. The average Bonchev–Trinajstić information content (AvgIpc) is 3.41. The summed E-state index contributed by atoms with van der Waals surface area (Å²) < 4.78 is 41.6. The summed E-state index contributed by atoms with van der Waals surface area (Å²) in [7, 11) is -8.69. The molecule has 3 aromatic heterocycles. The Kier molecular flexibility index (Phi) is 6.03. The van der Waals surface area contributed by atoms with Crippen LogP contribution in [-0.2, 0) is 29.7 Å². The number of aromatic amines is 1. The van der Waals surface area contributed by atoms with Gasteiger partial charge < -0.3 is 35.0 Å². The molecule has 19 heteroatoms. The highest BCUT2D eigenvalue weighted by Crippen LogP contribution is 2.58. The van der Waals surface area contributed by atoms with Crippen LogP contribution in [0.5, 0.6) is 0 Å². The Morgan fingerprint density at radius 1 is 1.39 bits per heavy atom. The molecule has 1 aliphatic heterocycles. The highest BCUT2D eigenvalue weighted by molar-refractivity contribution is 7.62. The minimum absolute atomic E-state index is 0.0379. The number of nitrogens with two attached hydrogens (primary N) is 1. The van der Waals surface area contributed by atoms with Gasteiger partial charge in [-0.15, -0.1) is 0 Å². The van der Waals surface area contributed by atoms with Gasteiger partial charge in [0.2, 0.25) is 11.7 Å². The Bertz CT molecular complexity index is 1320. The zero-order chi connectivity index (χ0) is 24.1. The van der Waals surface area contributed by atoms with Gasteiger partial charge in [0.1, 0.15) is 24.6 Å². The number of fused-ring (bicyclic) bond motifs is 1. The van der Waals surface area contributed by atoms with Crippen molar-refractivity contribution >= 4 is 32.7 Å². The van der Waals surface area contributed by atoms with Gasteiger partial charge >= 0.3 is 13.4 Å². The van der Waals surface area contributed by atoms with Crippen LogP contribution in [0.2, 0.25) is 0 Å². The monoisotopic (exact) mass is 507 g/mol. The number of phosphoric ester groups is 1. The van der Waals surface area contributed by atoms with E-state index < -0.39 is 52.3 Å². The number of nitrogens with one attached hydrogen (secondary N) is 1. The van der Waals surface area contributed by atoms with Crippen molar-refractivity contribution in [2.24, 2.45) is 7.05 Å². The zero-order valence-corrected chi connectivity index (χ0v) is 18.5. The van der Waals surface area contributed by atoms with E-state index in [0.29, 0.717) is 4.34 Å². The van der Waals surface area contributed by atoms with Crippen molar-refractivity contribution in [1.82, 2.24) is 23.9 Å². The lowest BCUT2D eigenvalue weighted by Crippen LogP contribution is -2.46. The topological polar surface area (TPSA) is 244 Å². The van der Waals surface area contributed by atoms with E-state index in [4.69, 9.17) is 10.5 Å². The number of ether oxygens (including phenoxy) is 1. The minimum atomic E-state index is -5.36. The first kappa shape index (κ1) is 23.7. The quantitative estimate of drug-likeness (QED) is 0.159. The second-order valence-electron chi connectivity index (χ2n) is 7.06. The van der Waals surface area contributed by atoms with Crippen LogP contribution in [0, 0.1) is 0 Å². The summed E-state index contributed by atoms with van der Waals surface area (Å²) >= 11 is 0. The molecule has 17 nitrogen and oxygen atoms in total. The fourth-order valence-corrected chi connectivity index (χ4v) is 5.63. The normalized spacial score (nSPS) is 26.9. The van der Waals surface area contributed by atoms with Crippen LogP contribution < -0.4 is 20.8 Å². The van der Waals surface area contributed by atoms with E-state index in [1.165, 1.54) is 22.5 Å². The van der Waals surface area contributed by atoms with Crippen molar-refractivity contribution in [3.8, 4) is 0 Å². The number of anilines is 1. The van der Waals surface area contributed by atoms with Crippen LogP contribution >= 0.6 is 15.6 Å². The maximum atomic E-state index is 12.2. The number of aromatic nitrogens is 6. The Morgan fingerprint density at radius 3 is 2.79 bits per heavy atom. The molecule has 4 rings (SSSR count). The summed E-state index contributed by atoms with van der Waals surface area (Å²) in [6.45, 7) is -0.860. The maximum Gasteiger partial charge on any atom is 0.444 e. The molecule has 33 heavy (non-hydrogen) atoms. The summed E-state index contributed by atoms with van der Waals surface area (Å²) in [5.41, 5.74) is 5.17. The van der Waals surface area contributed by atoms with Crippen molar-refractivity contribution in [2.75, 3.05) is 12.3 Å². The molecule has 6 N–H and O–H groups in total. The number of phosphoric acid groups is 1. The summed E-state index contributed by atoms with van der Waals surface area (Å²) in [6.07, 6.45) is -1.53. The molecule has 0 saturated carbocycles. The fourth-order valence-electron chi connectivity index (χ4n) is 3.31. The highest BCUT2D eigenvalue weighted by Gasteiger charge is 2.47. The first-order chi connectivity index (χ1) is 15.4. The third-order valence-corrected chi connectivity index (χ3v) is 7.72. The van der Waals surface area contributed by atoms with E-state index in [2.05, 4.69) is 23.8 Å². The molecule has 1 aliphatic rings. The Morgan fingerprint density at radius 2 is 2.12 bits per heavy atom. The average molecular weight is 507 g/mol. The van der Waals surface area contributed by atoms with Gasteiger partial charge in [0, 0.05) is 12.4 Å². The van der Waals surface area contributed by atoms with Crippen LogP contribution in [0.4, 0.5) is 5.95 Å². The first-order valence-electron chi connectivity index (χ1n) is 9.16. The Labute approximate surface area is 183 Å². The standard InChI is InChI=1S/C14H19N7O10P2/c1-19-6-21(11-8(19)12(24)18-14(15)17-11)13-10(23)9(22)7(30-13)4-29-33(27,28)31-32(25,26)20-3-2-16-5-20/h2-3,5-7,9-10,13,22-23H,4H2,1H3,(H4-,15,17,18,24,25,26,27,28)/t7-,9-,10-,13-/m1/s1. The number of H-pyrrole nitrogens is 1. The lowest BCUT2D eigenvalue weighted by molar-refractivity contribution is -0.745. The molecule has 180 valence electrons. The number of hydrogen-bond acceptors (Lipinski definition) is 12. The van der Waals surface area contributed by atoms with Gasteiger partial charge in [-0.25, -0.2) is 22.8 Å². The molecular weight excluding hydrogens is 488 g/mol. The van der Waals surface area contributed by atoms with Crippen LogP contribution in [0.15, 0.2) is 29.8 Å². The van der Waals surface area contributed by atoms with Gasteiger partial charge in [-0.3, -0.25) is 18.9 Å². The fraction of sp³-hybridized carbons (Fsp3) is 0.429. The molecule has 0 radical (unpaired) electrons. The SMILES string of the molecule is Cn1c[n+]([C@@H]2O[C@H](COP(=O)([O-])OP(=O)(O)n3ccnc3)[C@@H](O)[C@H]2O)c2nc(N)[nH]c(=O)c21. The number of rotatable bonds is 7. The number of aryl methyl sites for hydroxylation is 1. The number of hydrogen-bond donors (Lipinski definition) is 5. The molecule has 0 aromatic carbocycles. The number of nitrogen functional groups attached to an aromatic ring is 1. The van der Waals surface area contributed by atoms with Gasteiger partial charge in [0.25, 0.3) is 19.3 Å². The van der Waals surface area contributed by atoms with Gasteiger partial charge in [-0.2, -0.15) is 0 Å². The van der Waals surface area contributed by atoms with Gasteiger partial charge in [-0.1, -0.05) is 4.98 Å². The van der Waals surface area contributed by atoms with Gasteiger partial charge in [0.15, 0.2) is 6.33 Å². The van der Waals surface area contributed by atoms with Crippen molar-refractivity contribution in [1.29, 1.82) is 0 Å². The van der Waals surface area contributed by atoms with Crippen molar-refractivity contribution in [2.45, 2.75) is 24.5 Å². The molecule has 6 atom stereocenters. The predicted octanol–water partition coefficient (Wildman–Crippen LogP) is -2.90. The van der Waals surface area contributed by atoms with Gasteiger partial charge in [-0.05, 0) is 0 Å². The van der Waals surface area contributed by atoms with E-state index in [0.717, 1.165) is 18.7 Å². The zero-order valence-electron chi connectivity index (χ0n) is 16.7. The van der Waals surface area contributed by atoms with E-state index in [1.54, 1.807) is 0 Å². The molecule has 0 aliphatic carbocycles. The van der Waals surface area contributed by atoms with Crippen LogP contribution in [0.1, 0.15) is 6.23 Å². The molecule has 1 saturated heterocycles. The molecular formula is C14H19N7O10P2. The largest absolute Gasteiger partial charge is 0.756 e. The smallest absolute Gasteiger partial charge is 0.444 e. The van der Waals surface area contributed by atoms with Crippen molar-refractivity contribution in [3.05, 3.63) is 35.4 Å². The summed E-state index contributed by atoms with van der Waals surface area (Å²) in [6, 6.07) is 0. The van der Waals surface area contributed by atoms with Crippen molar-refractivity contribution < 1.29 is 47.3 Å². The van der Waals surface area contributed by atoms with E-state index in [9.17, 15) is 33.9 Å². The van der Waals surface area contributed by atoms with Crippen LogP contribution in [-0.4, -0.2) is 63.9 Å². The summed E-state index contributed by atoms with van der Waals surface area (Å²) in [5.74, 6) is -0.198. The molecule has 3 aromatic rings. The third-order valence-electron chi connectivity index (χ3n) is 4.79. The molecule has 0 spiro atoms. The highest BCUT2D eigenvalue weighted by atomic mass is 31.3. The molecule has 0 bridgehead atoms. The van der Waals surface area contributed by atoms with E-state index in [1.807, 2.05) is 0 Å². The summed E-state index contributed by atoms with van der Waals surface area (Å²) in [5, 5.41) is 20.8. The molecule has 4 heterocycles. The maximum absolute atomic E-state index is 12.2. The minimum Gasteiger partial charge on any atom is -0.756 e. The second-order valence-corrected chi connectivity index (χ2v) is 10.3. The number of aliphatic hydroxyl groups is 2. The number of imidazole rings is 2. The van der Waals surface area contributed by atoms with E-state index >= 15 is 0 Å². The predicted molar refractivity (Wildman–Crippen MR) is 104 cm³/mol. The Hall–Kier alpha value is -2.46. The van der Waals surface area contributed by atoms with Crippen molar-refractivity contribution in [3.63, 3.8) is 0 Å². The third kappa shape index (κ3) is 4.50.